The van der Waals surface area contributed by atoms with Crippen LogP contribution in [0.5, 0.6) is 5.75 Å². The zero-order valence-corrected chi connectivity index (χ0v) is 9.67. The predicted octanol–water partition coefficient (Wildman–Crippen LogP) is 2.45. The summed E-state index contributed by atoms with van der Waals surface area (Å²) < 4.78 is 5.55. The lowest BCUT2D eigenvalue weighted by Gasteiger charge is -2.23. The van der Waals surface area contributed by atoms with E-state index in [1.807, 2.05) is 54.6 Å². The molecule has 2 aromatic carbocycles. The number of carboxylic acids is 1. The van der Waals surface area contributed by atoms with Crippen molar-refractivity contribution in [2.75, 3.05) is 6.61 Å². The summed E-state index contributed by atoms with van der Waals surface area (Å²) in [4.78, 5) is 11.8. The lowest BCUT2D eigenvalue weighted by molar-refractivity contribution is -0.142. The maximum Gasteiger partial charge on any atom is 0.322 e. The average molecular weight is 240 g/mol. The molecule has 3 rings (SSSR count). The summed E-state index contributed by atoms with van der Waals surface area (Å²) >= 11 is 0. The van der Waals surface area contributed by atoms with Crippen LogP contribution in [0.2, 0.25) is 0 Å². The van der Waals surface area contributed by atoms with E-state index >= 15 is 0 Å². The third kappa shape index (κ3) is 1.34. The smallest absolute Gasteiger partial charge is 0.322 e. The van der Waals surface area contributed by atoms with E-state index in [0.29, 0.717) is 5.75 Å². The lowest BCUT2D eigenvalue weighted by Crippen LogP contribution is -2.38. The molecule has 90 valence electrons. The Labute approximate surface area is 105 Å². The zero-order valence-electron chi connectivity index (χ0n) is 9.67. The molecule has 0 radical (unpaired) electrons. The molecule has 1 aliphatic heterocycles. The van der Waals surface area contributed by atoms with Gasteiger partial charge in [0.2, 0.25) is 0 Å². The first kappa shape index (κ1) is 10.8. The number of hydrogen-bond acceptors (Lipinski definition) is 2. The first-order chi connectivity index (χ1) is 8.75. The van der Waals surface area contributed by atoms with Gasteiger partial charge in [-0.15, -0.1) is 0 Å². The van der Waals surface area contributed by atoms with E-state index in [-0.39, 0.29) is 6.61 Å². The SMILES string of the molecule is O=C(O)C1(c2ccccc2)COc2ccccc21. The van der Waals surface area contributed by atoms with E-state index in [2.05, 4.69) is 0 Å². The summed E-state index contributed by atoms with van der Waals surface area (Å²) in [5.41, 5.74) is 0.392. The molecule has 3 nitrogen and oxygen atoms in total. The molecule has 1 N–H and O–H groups in total. The molecular weight excluding hydrogens is 228 g/mol. The summed E-state index contributed by atoms with van der Waals surface area (Å²) in [6, 6.07) is 16.6. The fourth-order valence-corrected chi connectivity index (χ4v) is 2.47. The Bertz CT molecular complexity index is 592. The molecule has 0 bridgehead atoms. The van der Waals surface area contributed by atoms with E-state index in [1.165, 1.54) is 0 Å². The van der Waals surface area contributed by atoms with Crippen LogP contribution in [0.25, 0.3) is 0 Å². The number of rotatable bonds is 2. The van der Waals surface area contributed by atoms with Gasteiger partial charge in [0.25, 0.3) is 0 Å². The summed E-state index contributed by atoms with van der Waals surface area (Å²) in [7, 11) is 0. The maximum atomic E-state index is 11.8. The highest BCUT2D eigenvalue weighted by Crippen LogP contribution is 2.43. The number of carboxylic acid groups (broad SMARTS) is 1. The topological polar surface area (TPSA) is 46.5 Å². The second-order valence-electron chi connectivity index (χ2n) is 4.36. The number of aliphatic carboxylic acids is 1. The van der Waals surface area contributed by atoms with E-state index < -0.39 is 11.4 Å². The van der Waals surface area contributed by atoms with Crippen molar-refractivity contribution in [2.45, 2.75) is 5.41 Å². The third-order valence-electron chi connectivity index (χ3n) is 3.42. The number of para-hydroxylation sites is 1. The molecular formula is C15H12O3. The van der Waals surface area contributed by atoms with Crippen molar-refractivity contribution in [3.05, 3.63) is 65.7 Å². The normalized spacial score (nSPS) is 21.1. The van der Waals surface area contributed by atoms with Gasteiger partial charge in [0.15, 0.2) is 5.41 Å². The van der Waals surface area contributed by atoms with Crippen LogP contribution in [-0.2, 0) is 10.2 Å². The van der Waals surface area contributed by atoms with Crippen LogP contribution in [-0.4, -0.2) is 17.7 Å². The van der Waals surface area contributed by atoms with Crippen molar-refractivity contribution >= 4 is 5.97 Å². The first-order valence-electron chi connectivity index (χ1n) is 5.76. The number of ether oxygens (including phenoxy) is 1. The zero-order chi connectivity index (χ0) is 12.6. The highest BCUT2D eigenvalue weighted by Gasteiger charge is 2.48. The molecule has 1 atom stereocenters. The molecule has 0 spiro atoms. The molecule has 1 unspecified atom stereocenters. The maximum absolute atomic E-state index is 11.8. The van der Waals surface area contributed by atoms with Crippen LogP contribution in [0.3, 0.4) is 0 Å². The fourth-order valence-electron chi connectivity index (χ4n) is 2.47. The van der Waals surface area contributed by atoms with Gasteiger partial charge in [-0.05, 0) is 11.6 Å². The summed E-state index contributed by atoms with van der Waals surface area (Å²) in [5.74, 6) is -0.220. The summed E-state index contributed by atoms with van der Waals surface area (Å²) in [5, 5.41) is 9.68. The van der Waals surface area contributed by atoms with Crippen molar-refractivity contribution in [3.63, 3.8) is 0 Å². The minimum absolute atomic E-state index is 0.145. The molecule has 0 saturated heterocycles. The van der Waals surface area contributed by atoms with Gasteiger partial charge in [0, 0.05) is 5.56 Å². The summed E-state index contributed by atoms with van der Waals surface area (Å²) in [6.07, 6.45) is 0. The van der Waals surface area contributed by atoms with Crippen LogP contribution in [0.4, 0.5) is 0 Å². The molecule has 0 aromatic heterocycles. The van der Waals surface area contributed by atoms with Gasteiger partial charge in [-0.25, -0.2) is 0 Å². The van der Waals surface area contributed by atoms with E-state index in [9.17, 15) is 9.90 Å². The third-order valence-corrected chi connectivity index (χ3v) is 3.42. The average Bonchev–Trinajstić information content (AvgIpc) is 2.80. The van der Waals surface area contributed by atoms with Crippen LogP contribution in [0.15, 0.2) is 54.6 Å². The Kier molecular flexibility index (Phi) is 2.33. The molecule has 1 heterocycles. The van der Waals surface area contributed by atoms with Crippen LogP contribution in [0.1, 0.15) is 11.1 Å². The van der Waals surface area contributed by atoms with Crippen molar-refractivity contribution in [3.8, 4) is 5.75 Å². The highest BCUT2D eigenvalue weighted by molar-refractivity contribution is 5.88. The molecule has 18 heavy (non-hydrogen) atoms. The standard InChI is InChI=1S/C15H12O3/c16-14(17)15(11-6-2-1-3-7-11)10-18-13-9-5-4-8-12(13)15/h1-9H,10H2,(H,16,17). The number of fused-ring (bicyclic) bond motifs is 1. The van der Waals surface area contributed by atoms with E-state index in [4.69, 9.17) is 4.74 Å². The van der Waals surface area contributed by atoms with Gasteiger partial charge >= 0.3 is 5.97 Å². The fraction of sp³-hybridized carbons (Fsp3) is 0.133. The predicted molar refractivity (Wildman–Crippen MR) is 66.8 cm³/mol. The van der Waals surface area contributed by atoms with Gasteiger partial charge in [-0.1, -0.05) is 48.5 Å². The lowest BCUT2D eigenvalue weighted by atomic mass is 9.76. The Hall–Kier alpha value is -2.29. The van der Waals surface area contributed by atoms with Crippen molar-refractivity contribution < 1.29 is 14.6 Å². The Balaban J connectivity index is 2.25. The number of benzene rings is 2. The minimum atomic E-state index is -1.09. The number of hydrogen-bond donors (Lipinski definition) is 1. The van der Waals surface area contributed by atoms with Crippen molar-refractivity contribution in [1.82, 2.24) is 0 Å². The van der Waals surface area contributed by atoms with Crippen molar-refractivity contribution in [1.29, 1.82) is 0 Å². The molecule has 0 aliphatic carbocycles. The van der Waals surface area contributed by atoms with E-state index in [1.54, 1.807) is 0 Å². The largest absolute Gasteiger partial charge is 0.491 e. The quantitative estimate of drug-likeness (QED) is 0.877. The molecule has 2 aromatic rings. The van der Waals surface area contributed by atoms with Gasteiger partial charge in [-0.3, -0.25) is 4.79 Å². The van der Waals surface area contributed by atoms with Gasteiger partial charge < -0.3 is 9.84 Å². The molecule has 0 fully saturated rings. The van der Waals surface area contributed by atoms with Gasteiger partial charge in [0.1, 0.15) is 12.4 Å². The molecule has 1 aliphatic rings. The Morgan fingerprint density at radius 3 is 2.44 bits per heavy atom. The van der Waals surface area contributed by atoms with E-state index in [0.717, 1.165) is 11.1 Å². The molecule has 0 saturated carbocycles. The Morgan fingerprint density at radius 1 is 1.06 bits per heavy atom. The van der Waals surface area contributed by atoms with Crippen LogP contribution < -0.4 is 4.74 Å². The first-order valence-corrected chi connectivity index (χ1v) is 5.76. The van der Waals surface area contributed by atoms with Crippen LogP contribution >= 0.6 is 0 Å². The Morgan fingerprint density at radius 2 is 1.72 bits per heavy atom. The second kappa shape index (κ2) is 3.88. The van der Waals surface area contributed by atoms with Gasteiger partial charge in [0.05, 0.1) is 0 Å². The number of carbonyl (C=O) groups is 1. The molecule has 3 heteroatoms. The van der Waals surface area contributed by atoms with Gasteiger partial charge in [-0.2, -0.15) is 0 Å². The van der Waals surface area contributed by atoms with Crippen LogP contribution in [0, 0.1) is 0 Å². The highest BCUT2D eigenvalue weighted by atomic mass is 16.5. The summed E-state index contributed by atoms with van der Waals surface area (Å²) in [6.45, 7) is 0.145. The monoisotopic (exact) mass is 240 g/mol. The second-order valence-corrected chi connectivity index (χ2v) is 4.36. The van der Waals surface area contributed by atoms with Crippen molar-refractivity contribution in [2.24, 2.45) is 0 Å². The minimum Gasteiger partial charge on any atom is -0.491 e. The molecule has 0 amide bonds.